The molecule has 4 rings (SSSR count). The van der Waals surface area contributed by atoms with E-state index in [1.54, 1.807) is 19.2 Å². The number of carbonyl (C=O) groups excluding carboxylic acids is 3. The highest BCUT2D eigenvalue weighted by atomic mass is 16.5. The smallest absolute Gasteiger partial charge is 0.261 e. The van der Waals surface area contributed by atoms with Gasteiger partial charge in [-0.2, -0.15) is 0 Å². The fourth-order valence-electron chi connectivity index (χ4n) is 3.67. The van der Waals surface area contributed by atoms with Crippen LogP contribution in [0.5, 0.6) is 0 Å². The molecule has 3 aromatic rings. The van der Waals surface area contributed by atoms with Gasteiger partial charge in [0.1, 0.15) is 0 Å². The van der Waals surface area contributed by atoms with E-state index in [0.29, 0.717) is 43.7 Å². The van der Waals surface area contributed by atoms with E-state index in [0.717, 1.165) is 16.5 Å². The van der Waals surface area contributed by atoms with Crippen LogP contribution in [-0.4, -0.2) is 54.4 Å². The van der Waals surface area contributed by atoms with Crippen molar-refractivity contribution >= 4 is 28.6 Å². The zero-order valence-corrected chi connectivity index (χ0v) is 16.7. The van der Waals surface area contributed by atoms with Crippen LogP contribution in [0.4, 0.5) is 0 Å². The highest BCUT2D eigenvalue weighted by Crippen LogP contribution is 2.24. The molecule has 2 N–H and O–H groups in total. The third kappa shape index (κ3) is 3.84. The van der Waals surface area contributed by atoms with Gasteiger partial charge in [-0.3, -0.25) is 19.3 Å². The molecule has 0 unspecified atom stereocenters. The van der Waals surface area contributed by atoms with Crippen LogP contribution >= 0.6 is 0 Å². The standard InChI is InChI=1S/C23H23N3O4/c1-30-12-2-11-26-22(28)18-6-5-17(14-19(18)23(26)29)21(27)25-9-7-15-3-4-16-8-10-24-20(16)13-15/h3-6,8,10,13-14,24H,2,7,9,11-12H2,1H3,(H,25,27). The fourth-order valence-corrected chi connectivity index (χ4v) is 3.67. The number of nitrogens with one attached hydrogen (secondary N) is 2. The number of benzene rings is 2. The summed E-state index contributed by atoms with van der Waals surface area (Å²) in [6.45, 7) is 1.24. The molecule has 1 aromatic heterocycles. The van der Waals surface area contributed by atoms with Gasteiger partial charge in [-0.15, -0.1) is 0 Å². The Morgan fingerprint density at radius 2 is 1.90 bits per heavy atom. The predicted octanol–water partition coefficient (Wildman–Crippen LogP) is 2.77. The monoisotopic (exact) mass is 405 g/mol. The van der Waals surface area contributed by atoms with Crippen LogP contribution < -0.4 is 5.32 Å². The van der Waals surface area contributed by atoms with Crippen molar-refractivity contribution < 1.29 is 19.1 Å². The van der Waals surface area contributed by atoms with Gasteiger partial charge in [0.05, 0.1) is 11.1 Å². The Morgan fingerprint density at radius 1 is 1.07 bits per heavy atom. The molecule has 0 saturated heterocycles. The van der Waals surface area contributed by atoms with Gasteiger partial charge in [0.2, 0.25) is 0 Å². The van der Waals surface area contributed by atoms with Crippen molar-refractivity contribution in [2.45, 2.75) is 12.8 Å². The summed E-state index contributed by atoms with van der Waals surface area (Å²) in [4.78, 5) is 42.0. The molecule has 2 aromatic carbocycles. The lowest BCUT2D eigenvalue weighted by Crippen LogP contribution is -2.31. The first kappa shape index (κ1) is 19.8. The van der Waals surface area contributed by atoms with E-state index in [4.69, 9.17) is 4.74 Å². The average Bonchev–Trinajstić information content (AvgIpc) is 3.31. The van der Waals surface area contributed by atoms with Crippen LogP contribution in [0.25, 0.3) is 10.9 Å². The Labute approximate surface area is 174 Å². The minimum atomic E-state index is -0.361. The largest absolute Gasteiger partial charge is 0.385 e. The summed E-state index contributed by atoms with van der Waals surface area (Å²) in [5.41, 5.74) is 3.17. The molecule has 7 nitrogen and oxygen atoms in total. The number of aromatic nitrogens is 1. The second-order valence-electron chi connectivity index (χ2n) is 7.27. The Balaban J connectivity index is 1.38. The van der Waals surface area contributed by atoms with Crippen molar-refractivity contribution in [1.82, 2.24) is 15.2 Å². The van der Waals surface area contributed by atoms with Gasteiger partial charge in [0.25, 0.3) is 17.7 Å². The molecule has 1 aliphatic rings. The van der Waals surface area contributed by atoms with Crippen molar-refractivity contribution in [3.8, 4) is 0 Å². The highest BCUT2D eigenvalue weighted by molar-refractivity contribution is 6.22. The number of methoxy groups -OCH3 is 1. The van der Waals surface area contributed by atoms with E-state index in [-0.39, 0.29) is 23.3 Å². The van der Waals surface area contributed by atoms with Gasteiger partial charge in [-0.25, -0.2) is 0 Å². The van der Waals surface area contributed by atoms with Crippen molar-refractivity contribution in [3.63, 3.8) is 0 Å². The molecule has 0 radical (unpaired) electrons. The van der Waals surface area contributed by atoms with Gasteiger partial charge in [-0.05, 0) is 54.1 Å². The maximum Gasteiger partial charge on any atom is 0.261 e. The Kier molecular flexibility index (Phi) is 5.63. The molecule has 30 heavy (non-hydrogen) atoms. The summed E-state index contributed by atoms with van der Waals surface area (Å²) in [5.74, 6) is -0.949. The first-order valence-corrected chi connectivity index (χ1v) is 9.92. The van der Waals surface area contributed by atoms with Crippen molar-refractivity contribution in [2.75, 3.05) is 26.8 Å². The third-order valence-electron chi connectivity index (χ3n) is 5.28. The molecular formula is C23H23N3O4. The number of hydrogen-bond donors (Lipinski definition) is 2. The molecule has 0 aliphatic carbocycles. The minimum Gasteiger partial charge on any atom is -0.385 e. The zero-order chi connectivity index (χ0) is 21.1. The maximum atomic E-state index is 12.6. The van der Waals surface area contributed by atoms with Gasteiger partial charge in [0, 0.05) is 44.1 Å². The molecule has 1 aliphatic heterocycles. The summed E-state index contributed by atoms with van der Waals surface area (Å²) in [7, 11) is 1.58. The number of H-pyrrole nitrogens is 1. The van der Waals surface area contributed by atoms with E-state index >= 15 is 0 Å². The van der Waals surface area contributed by atoms with E-state index in [1.165, 1.54) is 11.0 Å². The summed E-state index contributed by atoms with van der Waals surface area (Å²) in [6, 6.07) is 12.8. The molecular weight excluding hydrogens is 382 g/mol. The lowest BCUT2D eigenvalue weighted by Gasteiger charge is -2.12. The molecule has 0 atom stereocenters. The molecule has 154 valence electrons. The number of aromatic amines is 1. The number of rotatable bonds is 8. The quantitative estimate of drug-likeness (QED) is 0.445. The first-order valence-electron chi connectivity index (χ1n) is 9.92. The van der Waals surface area contributed by atoms with Crippen LogP contribution in [0.15, 0.2) is 48.7 Å². The number of fused-ring (bicyclic) bond motifs is 2. The average molecular weight is 405 g/mol. The van der Waals surface area contributed by atoms with Crippen molar-refractivity contribution in [2.24, 2.45) is 0 Å². The summed E-state index contributed by atoms with van der Waals surface area (Å²) < 4.78 is 4.98. The Morgan fingerprint density at radius 3 is 2.73 bits per heavy atom. The van der Waals surface area contributed by atoms with Crippen LogP contribution in [0, 0.1) is 0 Å². The van der Waals surface area contributed by atoms with Gasteiger partial charge in [0.15, 0.2) is 0 Å². The molecule has 7 heteroatoms. The maximum absolute atomic E-state index is 12.6. The molecule has 0 saturated carbocycles. The SMILES string of the molecule is COCCCN1C(=O)c2ccc(C(=O)NCCc3ccc4cc[nH]c4c3)cc2C1=O. The minimum absolute atomic E-state index is 0.267. The molecule has 3 amide bonds. The van der Waals surface area contributed by atoms with Crippen LogP contribution in [0.3, 0.4) is 0 Å². The number of amides is 3. The van der Waals surface area contributed by atoms with Gasteiger partial charge < -0.3 is 15.0 Å². The Bertz CT molecular complexity index is 1120. The van der Waals surface area contributed by atoms with Crippen molar-refractivity contribution in [1.29, 1.82) is 0 Å². The summed E-state index contributed by atoms with van der Waals surface area (Å²) >= 11 is 0. The normalized spacial score (nSPS) is 13.2. The van der Waals surface area contributed by atoms with E-state index in [1.807, 2.05) is 24.4 Å². The highest BCUT2D eigenvalue weighted by Gasteiger charge is 2.35. The second-order valence-corrected chi connectivity index (χ2v) is 7.27. The number of imide groups is 1. The van der Waals surface area contributed by atoms with Crippen LogP contribution in [0.2, 0.25) is 0 Å². The van der Waals surface area contributed by atoms with Crippen LogP contribution in [0.1, 0.15) is 43.1 Å². The van der Waals surface area contributed by atoms with Gasteiger partial charge >= 0.3 is 0 Å². The predicted molar refractivity (Wildman–Crippen MR) is 113 cm³/mol. The second kappa shape index (κ2) is 8.51. The third-order valence-corrected chi connectivity index (χ3v) is 5.28. The Hall–Kier alpha value is -3.45. The molecule has 0 bridgehead atoms. The van der Waals surface area contributed by atoms with Crippen molar-refractivity contribution in [3.05, 3.63) is 70.9 Å². The van der Waals surface area contributed by atoms with E-state index < -0.39 is 0 Å². The number of ether oxygens (including phenoxy) is 1. The molecule has 2 heterocycles. The van der Waals surface area contributed by atoms with E-state index in [2.05, 4.69) is 16.4 Å². The summed E-state index contributed by atoms with van der Waals surface area (Å²) in [6.07, 6.45) is 3.16. The topological polar surface area (TPSA) is 91.5 Å². The number of hydrogen-bond acceptors (Lipinski definition) is 4. The zero-order valence-electron chi connectivity index (χ0n) is 16.7. The first-order chi connectivity index (χ1) is 14.6. The van der Waals surface area contributed by atoms with E-state index in [9.17, 15) is 14.4 Å². The number of nitrogens with zero attached hydrogens (tertiary/aromatic N) is 1. The fraction of sp³-hybridized carbons (Fsp3) is 0.261. The molecule has 0 spiro atoms. The number of carbonyl (C=O) groups is 3. The van der Waals surface area contributed by atoms with Crippen LogP contribution in [-0.2, 0) is 11.2 Å². The summed E-state index contributed by atoms with van der Waals surface area (Å²) in [5, 5.41) is 4.03. The molecule has 0 fully saturated rings. The lowest BCUT2D eigenvalue weighted by molar-refractivity contribution is 0.0638. The van der Waals surface area contributed by atoms with Gasteiger partial charge in [-0.1, -0.05) is 12.1 Å². The lowest BCUT2D eigenvalue weighted by atomic mass is 10.1.